The second-order valence-electron chi connectivity index (χ2n) is 6.55. The number of nitrogens with zero attached hydrogens (tertiary/aromatic N) is 2. The van der Waals surface area contributed by atoms with E-state index in [1.807, 2.05) is 13.8 Å². The zero-order valence-electron chi connectivity index (χ0n) is 15.6. The number of alkyl halides is 3. The number of anilines is 1. The molecule has 2 aromatic rings. The minimum atomic E-state index is -4.66. The van der Waals surface area contributed by atoms with Crippen LogP contribution >= 0.6 is 0 Å². The van der Waals surface area contributed by atoms with Crippen LogP contribution in [0.15, 0.2) is 42.5 Å². The Morgan fingerprint density at radius 1 is 1.18 bits per heavy atom. The molecule has 28 heavy (non-hydrogen) atoms. The van der Waals surface area contributed by atoms with Gasteiger partial charge in [-0.3, -0.25) is 14.9 Å². The second-order valence-corrected chi connectivity index (χ2v) is 6.55. The molecule has 0 heterocycles. The molecule has 0 fully saturated rings. The number of hydrogen-bond donors (Lipinski definition) is 1. The molecule has 0 unspecified atom stereocenters. The molecule has 2 aromatic carbocycles. The van der Waals surface area contributed by atoms with Crippen LogP contribution < -0.4 is 5.32 Å². The number of carbonyl (C=O) groups excluding carboxylic acids is 1. The number of halogens is 3. The summed E-state index contributed by atoms with van der Waals surface area (Å²) in [5.41, 5.74) is -0.529. The molecule has 0 aliphatic carbocycles. The van der Waals surface area contributed by atoms with Gasteiger partial charge in [-0.1, -0.05) is 12.1 Å². The summed E-state index contributed by atoms with van der Waals surface area (Å²) in [5, 5.41) is 13.9. The summed E-state index contributed by atoms with van der Waals surface area (Å²) in [6.45, 7) is 3.95. The third-order valence-corrected chi connectivity index (χ3v) is 4.30. The van der Waals surface area contributed by atoms with Gasteiger partial charge in [0, 0.05) is 31.3 Å². The Hall–Kier alpha value is -3.10. The summed E-state index contributed by atoms with van der Waals surface area (Å²) in [6, 6.07) is 9.03. The molecule has 0 bridgehead atoms. The van der Waals surface area contributed by atoms with Gasteiger partial charge in [-0.2, -0.15) is 13.2 Å². The smallest absolute Gasteiger partial charge is 0.375 e. The Morgan fingerprint density at radius 2 is 1.79 bits per heavy atom. The Morgan fingerprint density at radius 3 is 2.29 bits per heavy atom. The van der Waals surface area contributed by atoms with Gasteiger partial charge in [0.2, 0.25) is 0 Å². The van der Waals surface area contributed by atoms with E-state index >= 15 is 0 Å². The van der Waals surface area contributed by atoms with Gasteiger partial charge in [-0.15, -0.1) is 0 Å². The maximum absolute atomic E-state index is 12.7. The average molecular weight is 395 g/mol. The Bertz CT molecular complexity index is 865. The number of rotatable bonds is 6. The van der Waals surface area contributed by atoms with Crippen LogP contribution in [0, 0.1) is 10.1 Å². The maximum atomic E-state index is 12.7. The number of nitro benzene ring substituents is 1. The molecule has 9 heteroatoms. The van der Waals surface area contributed by atoms with Crippen molar-refractivity contribution in [1.82, 2.24) is 4.90 Å². The van der Waals surface area contributed by atoms with Crippen molar-refractivity contribution >= 4 is 17.3 Å². The van der Waals surface area contributed by atoms with E-state index in [1.165, 1.54) is 0 Å². The van der Waals surface area contributed by atoms with E-state index in [0.717, 1.165) is 17.7 Å². The fourth-order valence-electron chi connectivity index (χ4n) is 2.41. The summed E-state index contributed by atoms with van der Waals surface area (Å²) in [6.07, 6.45) is -4.66. The van der Waals surface area contributed by atoms with E-state index in [-0.39, 0.29) is 24.2 Å². The standard InChI is InChI=1S/C19H20F3N3O3/c1-12(2)24(3)18(26)14-6-4-13(5-7-14)11-23-16-9-8-15(19(20,21)22)10-17(16)25(27)28/h4-10,12,23H,11H2,1-3H3. The van der Waals surface area contributed by atoms with E-state index in [0.29, 0.717) is 11.6 Å². The molecule has 0 radical (unpaired) electrons. The number of nitrogens with one attached hydrogen (secondary N) is 1. The zero-order valence-corrected chi connectivity index (χ0v) is 15.6. The zero-order chi connectivity index (χ0) is 21.1. The summed E-state index contributed by atoms with van der Waals surface area (Å²) in [5.74, 6) is -0.132. The molecule has 1 N–H and O–H groups in total. The van der Waals surface area contributed by atoms with Gasteiger partial charge in [-0.05, 0) is 43.7 Å². The number of benzene rings is 2. The summed E-state index contributed by atoms with van der Waals surface area (Å²) >= 11 is 0. The normalized spacial score (nSPS) is 11.4. The van der Waals surface area contributed by atoms with E-state index in [1.54, 1.807) is 36.2 Å². The molecule has 150 valence electrons. The van der Waals surface area contributed by atoms with E-state index < -0.39 is 22.4 Å². The lowest BCUT2D eigenvalue weighted by molar-refractivity contribution is -0.384. The van der Waals surface area contributed by atoms with Gasteiger partial charge in [-0.25, -0.2) is 0 Å². The van der Waals surface area contributed by atoms with Crippen LogP contribution in [0.5, 0.6) is 0 Å². The van der Waals surface area contributed by atoms with Crippen molar-refractivity contribution in [2.75, 3.05) is 12.4 Å². The van der Waals surface area contributed by atoms with Crippen LogP contribution in [0.3, 0.4) is 0 Å². The van der Waals surface area contributed by atoms with Crippen LogP contribution in [-0.4, -0.2) is 28.8 Å². The van der Waals surface area contributed by atoms with E-state index in [4.69, 9.17) is 0 Å². The molecular weight excluding hydrogens is 375 g/mol. The minimum absolute atomic E-state index is 0.0160. The van der Waals surface area contributed by atoms with Crippen LogP contribution in [-0.2, 0) is 12.7 Å². The van der Waals surface area contributed by atoms with E-state index in [9.17, 15) is 28.1 Å². The van der Waals surface area contributed by atoms with Gasteiger partial charge < -0.3 is 10.2 Å². The highest BCUT2D eigenvalue weighted by atomic mass is 19.4. The lowest BCUT2D eigenvalue weighted by Gasteiger charge is -2.21. The molecular formula is C19H20F3N3O3. The fourth-order valence-corrected chi connectivity index (χ4v) is 2.41. The Labute approximate surface area is 160 Å². The molecule has 0 aromatic heterocycles. The molecule has 6 nitrogen and oxygen atoms in total. The van der Waals surface area contributed by atoms with Crippen LogP contribution in [0.25, 0.3) is 0 Å². The Kier molecular flexibility index (Phi) is 6.27. The van der Waals surface area contributed by atoms with Gasteiger partial charge in [0.25, 0.3) is 11.6 Å². The topological polar surface area (TPSA) is 75.5 Å². The third kappa shape index (κ3) is 4.99. The molecule has 0 aliphatic rings. The lowest BCUT2D eigenvalue weighted by atomic mass is 10.1. The summed E-state index contributed by atoms with van der Waals surface area (Å²) < 4.78 is 38.2. The third-order valence-electron chi connectivity index (χ3n) is 4.30. The molecule has 0 atom stereocenters. The number of carbonyl (C=O) groups is 1. The van der Waals surface area contributed by atoms with Gasteiger partial charge >= 0.3 is 6.18 Å². The first-order valence-electron chi connectivity index (χ1n) is 8.46. The van der Waals surface area contributed by atoms with Crippen LogP contribution in [0.1, 0.15) is 35.3 Å². The van der Waals surface area contributed by atoms with Gasteiger partial charge in [0.05, 0.1) is 10.5 Å². The van der Waals surface area contributed by atoms with Gasteiger partial charge in [0.1, 0.15) is 5.69 Å². The largest absolute Gasteiger partial charge is 0.416 e. The molecule has 2 rings (SSSR count). The molecule has 1 amide bonds. The SMILES string of the molecule is CC(C)N(C)C(=O)c1ccc(CNc2ccc(C(F)(F)F)cc2[N+](=O)[O-])cc1. The number of nitro groups is 1. The quantitative estimate of drug-likeness (QED) is 0.568. The van der Waals surface area contributed by atoms with Crippen LogP contribution in [0.2, 0.25) is 0 Å². The minimum Gasteiger partial charge on any atom is -0.375 e. The monoisotopic (exact) mass is 395 g/mol. The summed E-state index contributed by atoms with van der Waals surface area (Å²) in [4.78, 5) is 24.1. The first-order valence-corrected chi connectivity index (χ1v) is 8.46. The lowest BCUT2D eigenvalue weighted by Crippen LogP contribution is -2.32. The van der Waals surface area contributed by atoms with Crippen molar-refractivity contribution in [3.05, 3.63) is 69.3 Å². The second kappa shape index (κ2) is 8.28. The number of hydrogen-bond acceptors (Lipinski definition) is 4. The van der Waals surface area contributed by atoms with Gasteiger partial charge in [0.15, 0.2) is 0 Å². The average Bonchev–Trinajstić information content (AvgIpc) is 2.64. The predicted molar refractivity (Wildman–Crippen MR) is 99.1 cm³/mol. The molecule has 0 saturated carbocycles. The highest BCUT2D eigenvalue weighted by Gasteiger charge is 2.33. The van der Waals surface area contributed by atoms with Crippen molar-refractivity contribution in [3.8, 4) is 0 Å². The first-order chi connectivity index (χ1) is 13.0. The van der Waals surface area contributed by atoms with Crippen LogP contribution in [0.4, 0.5) is 24.5 Å². The molecule has 0 spiro atoms. The molecule has 0 aliphatic heterocycles. The summed E-state index contributed by atoms with van der Waals surface area (Å²) in [7, 11) is 1.70. The number of amides is 1. The van der Waals surface area contributed by atoms with E-state index in [2.05, 4.69) is 5.32 Å². The van der Waals surface area contributed by atoms with Crippen molar-refractivity contribution in [3.63, 3.8) is 0 Å². The van der Waals surface area contributed by atoms with Crippen molar-refractivity contribution in [1.29, 1.82) is 0 Å². The Balaban J connectivity index is 2.14. The van der Waals surface area contributed by atoms with Crippen molar-refractivity contribution in [2.45, 2.75) is 32.6 Å². The molecule has 0 saturated heterocycles. The highest BCUT2D eigenvalue weighted by Crippen LogP contribution is 2.35. The fraction of sp³-hybridized carbons (Fsp3) is 0.316. The maximum Gasteiger partial charge on any atom is 0.416 e. The van der Waals surface area contributed by atoms with Crippen molar-refractivity contribution < 1.29 is 22.9 Å². The highest BCUT2D eigenvalue weighted by molar-refractivity contribution is 5.94. The predicted octanol–water partition coefficient (Wildman–Crippen LogP) is 4.71. The first kappa shape index (κ1) is 21.2. The van der Waals surface area contributed by atoms with Crippen molar-refractivity contribution in [2.24, 2.45) is 0 Å².